The van der Waals surface area contributed by atoms with Crippen molar-refractivity contribution in [1.29, 1.82) is 0 Å². The average molecular weight is 431 g/mol. The van der Waals surface area contributed by atoms with Crippen molar-refractivity contribution < 1.29 is 14.3 Å². The molecule has 3 atom stereocenters. The number of para-hydroxylation sites is 1. The zero-order valence-electron chi connectivity index (χ0n) is 19.0. The van der Waals surface area contributed by atoms with Gasteiger partial charge in [-0.25, -0.2) is 0 Å². The second-order valence-electron chi connectivity index (χ2n) is 9.05. The van der Waals surface area contributed by atoms with Crippen LogP contribution in [0.1, 0.15) is 44.7 Å². The van der Waals surface area contributed by atoms with Crippen LogP contribution in [-0.4, -0.2) is 36.0 Å². The van der Waals surface area contributed by atoms with Crippen LogP contribution in [0, 0.1) is 5.41 Å². The highest BCUT2D eigenvalue weighted by atomic mass is 16.5. The number of hydrogen-bond donors (Lipinski definition) is 0. The van der Waals surface area contributed by atoms with Crippen molar-refractivity contribution in [3.8, 4) is 0 Å². The fourth-order valence-electron chi connectivity index (χ4n) is 6.46. The maximum Gasteiger partial charge on any atom is 0.318 e. The van der Waals surface area contributed by atoms with Crippen LogP contribution >= 0.6 is 0 Å². The average Bonchev–Trinajstić information content (AvgIpc) is 3.43. The van der Waals surface area contributed by atoms with Crippen molar-refractivity contribution in [2.24, 2.45) is 5.41 Å². The molecule has 0 unspecified atom stereocenters. The third-order valence-electron chi connectivity index (χ3n) is 7.66. The van der Waals surface area contributed by atoms with Crippen molar-refractivity contribution in [2.75, 3.05) is 18.1 Å². The number of amides is 1. The summed E-state index contributed by atoms with van der Waals surface area (Å²) in [5.74, 6) is -0.339. The zero-order chi connectivity index (χ0) is 22.5. The Morgan fingerprint density at radius 2 is 1.88 bits per heavy atom. The Morgan fingerprint density at radius 1 is 1.16 bits per heavy atom. The van der Waals surface area contributed by atoms with E-state index in [-0.39, 0.29) is 24.5 Å². The molecule has 3 aliphatic heterocycles. The first-order valence-electron chi connectivity index (χ1n) is 11.6. The molecule has 0 bridgehead atoms. The maximum atomic E-state index is 14.6. The molecule has 1 amide bonds. The van der Waals surface area contributed by atoms with Gasteiger partial charge in [0.2, 0.25) is 0 Å². The molecule has 5 nitrogen and oxygen atoms in total. The van der Waals surface area contributed by atoms with Gasteiger partial charge in [-0.1, -0.05) is 54.6 Å². The number of benzene rings is 2. The van der Waals surface area contributed by atoms with Gasteiger partial charge >= 0.3 is 5.97 Å². The first-order valence-corrected chi connectivity index (χ1v) is 11.6. The minimum absolute atomic E-state index is 0.0261. The van der Waals surface area contributed by atoms with Crippen LogP contribution in [0.3, 0.4) is 0 Å². The summed E-state index contributed by atoms with van der Waals surface area (Å²) in [6.07, 6.45) is 4.01. The second-order valence-corrected chi connectivity index (χ2v) is 9.05. The first-order chi connectivity index (χ1) is 15.5. The van der Waals surface area contributed by atoms with E-state index < -0.39 is 11.0 Å². The van der Waals surface area contributed by atoms with Gasteiger partial charge in [-0.2, -0.15) is 0 Å². The molecule has 3 aliphatic rings. The predicted molar refractivity (Wildman–Crippen MR) is 124 cm³/mol. The van der Waals surface area contributed by atoms with E-state index in [9.17, 15) is 9.59 Å². The van der Waals surface area contributed by atoms with Gasteiger partial charge < -0.3 is 9.64 Å². The quantitative estimate of drug-likeness (QED) is 0.532. The number of carbonyl (C=O) groups is 2. The molecule has 1 spiro atoms. The van der Waals surface area contributed by atoms with Crippen molar-refractivity contribution in [2.45, 2.75) is 51.7 Å². The largest absolute Gasteiger partial charge is 0.465 e. The van der Waals surface area contributed by atoms with Crippen molar-refractivity contribution in [3.63, 3.8) is 0 Å². The number of anilines is 1. The summed E-state index contributed by atoms with van der Waals surface area (Å²) in [6, 6.07) is 18.1. The van der Waals surface area contributed by atoms with Crippen molar-refractivity contribution in [1.82, 2.24) is 4.90 Å². The van der Waals surface area contributed by atoms with Gasteiger partial charge in [0.1, 0.15) is 11.0 Å². The maximum absolute atomic E-state index is 14.6. The topological polar surface area (TPSA) is 49.9 Å². The molecule has 0 N–H and O–H groups in total. The molecule has 5 rings (SSSR count). The number of rotatable bonds is 4. The van der Waals surface area contributed by atoms with Crippen molar-refractivity contribution >= 4 is 17.6 Å². The van der Waals surface area contributed by atoms with Gasteiger partial charge in [-0.15, -0.1) is 0 Å². The van der Waals surface area contributed by atoms with Crippen LogP contribution in [0.5, 0.6) is 0 Å². The highest BCUT2D eigenvalue weighted by Crippen LogP contribution is 2.65. The predicted octanol–water partition coefficient (Wildman–Crippen LogP) is 4.42. The van der Waals surface area contributed by atoms with Crippen molar-refractivity contribution in [3.05, 3.63) is 77.4 Å². The van der Waals surface area contributed by atoms with Crippen LogP contribution in [0.4, 0.5) is 5.69 Å². The van der Waals surface area contributed by atoms with Gasteiger partial charge in [-0.05, 0) is 50.8 Å². The Kier molecular flexibility index (Phi) is 4.97. The molecule has 166 valence electrons. The lowest BCUT2D eigenvalue weighted by Crippen LogP contribution is -2.59. The van der Waals surface area contributed by atoms with Crippen LogP contribution in [-0.2, 0) is 26.4 Å². The van der Waals surface area contributed by atoms with Crippen LogP contribution in [0.2, 0.25) is 0 Å². The number of nitrogens with zero attached hydrogens (tertiary/aromatic N) is 2. The van der Waals surface area contributed by atoms with E-state index in [4.69, 9.17) is 4.74 Å². The normalized spacial score (nSPS) is 30.2. The van der Waals surface area contributed by atoms with E-state index in [1.807, 2.05) is 86.3 Å². The molecule has 0 aliphatic carbocycles. The number of fused-ring (bicyclic) bond motifs is 4. The summed E-state index contributed by atoms with van der Waals surface area (Å²) in [5.41, 5.74) is 1.71. The third kappa shape index (κ3) is 2.49. The number of hydrogen-bond acceptors (Lipinski definition) is 4. The second kappa shape index (κ2) is 7.59. The van der Waals surface area contributed by atoms with E-state index >= 15 is 0 Å². The first kappa shape index (κ1) is 21.0. The zero-order valence-corrected chi connectivity index (χ0v) is 19.0. The molecule has 2 aromatic rings. The van der Waals surface area contributed by atoms with E-state index in [0.29, 0.717) is 6.54 Å². The van der Waals surface area contributed by atoms with Gasteiger partial charge in [0.25, 0.3) is 5.91 Å². The lowest BCUT2D eigenvalue weighted by molar-refractivity contribution is -0.162. The molecule has 5 heteroatoms. The molecule has 0 saturated carbocycles. The minimum atomic E-state index is -1.09. The lowest BCUT2D eigenvalue weighted by atomic mass is 9.65. The minimum Gasteiger partial charge on any atom is -0.465 e. The van der Waals surface area contributed by atoms with E-state index in [1.54, 1.807) is 0 Å². The molecular formula is C27H30N2O3. The molecule has 0 aromatic heterocycles. The Labute approximate surface area is 189 Å². The van der Waals surface area contributed by atoms with Gasteiger partial charge in [0, 0.05) is 23.8 Å². The highest BCUT2D eigenvalue weighted by molar-refractivity contribution is 6.12. The van der Waals surface area contributed by atoms with Crippen LogP contribution < -0.4 is 4.90 Å². The number of ether oxygens (including phenoxy) is 1. The van der Waals surface area contributed by atoms with E-state index in [2.05, 4.69) is 4.90 Å². The Bertz CT molecular complexity index is 1100. The summed E-state index contributed by atoms with van der Waals surface area (Å²) >= 11 is 0. The number of allylic oxidation sites excluding steroid dienone is 1. The fraction of sp³-hybridized carbons (Fsp3) is 0.407. The summed E-state index contributed by atoms with van der Waals surface area (Å²) in [7, 11) is 0. The van der Waals surface area contributed by atoms with Crippen LogP contribution in [0.15, 0.2) is 66.2 Å². The molecule has 3 heterocycles. The van der Waals surface area contributed by atoms with Gasteiger partial charge in [0.05, 0.1) is 13.2 Å². The smallest absolute Gasteiger partial charge is 0.318 e. The summed E-state index contributed by atoms with van der Waals surface area (Å²) < 4.78 is 5.65. The molecule has 2 fully saturated rings. The third-order valence-corrected chi connectivity index (χ3v) is 7.66. The van der Waals surface area contributed by atoms with Gasteiger partial charge in [0.15, 0.2) is 0 Å². The fourth-order valence-corrected chi connectivity index (χ4v) is 6.46. The lowest BCUT2D eigenvalue weighted by Gasteiger charge is -2.42. The summed E-state index contributed by atoms with van der Waals surface area (Å²) in [6.45, 7) is 7.28. The van der Waals surface area contributed by atoms with Crippen LogP contribution in [0.25, 0.3) is 0 Å². The Balaban J connectivity index is 1.75. The molecule has 32 heavy (non-hydrogen) atoms. The summed E-state index contributed by atoms with van der Waals surface area (Å²) in [5, 5.41) is 0. The summed E-state index contributed by atoms with van der Waals surface area (Å²) in [4.78, 5) is 32.4. The Morgan fingerprint density at radius 3 is 2.59 bits per heavy atom. The highest BCUT2D eigenvalue weighted by Gasteiger charge is 2.75. The van der Waals surface area contributed by atoms with E-state index in [0.717, 1.165) is 41.8 Å². The standard InChI is InChI=1S/C27H30N2O3/c1-4-20-23-16-11-17-29(23)27(26(20,3)25(31)32-5-2)21-14-9-10-15-22(21)28(24(27)30)18-19-12-7-6-8-13-19/h4,6-10,12-15,23H,5,11,16-18H2,1-3H3/b20-4-/t23-,26-,27-/m1/s1. The SMILES string of the molecule is C/C=C1/[C@H]2CCCN2[C@]2(C(=O)N(Cc3ccccc3)c3ccccc32)[C@@]1(C)C(=O)OCC. The van der Waals surface area contributed by atoms with E-state index in [1.165, 1.54) is 0 Å². The Hall–Kier alpha value is -2.92. The molecular weight excluding hydrogens is 400 g/mol. The molecule has 2 saturated heterocycles. The molecule has 2 aromatic carbocycles. The monoisotopic (exact) mass is 430 g/mol. The van der Waals surface area contributed by atoms with Gasteiger partial charge in [-0.3, -0.25) is 14.5 Å². The molecule has 0 radical (unpaired) electrons. The number of carbonyl (C=O) groups excluding carboxylic acids is 2. The number of esters is 1.